The molecule has 27 heavy (non-hydrogen) atoms. The maximum absolute atomic E-state index is 12.8. The summed E-state index contributed by atoms with van der Waals surface area (Å²) in [5, 5.41) is 0. The molecule has 0 bridgehead atoms. The van der Waals surface area contributed by atoms with Crippen LogP contribution in [0.4, 0.5) is 0 Å². The molecular formula is C14H29B2O9PS. The van der Waals surface area contributed by atoms with Gasteiger partial charge in [-0.1, -0.05) is 12.2 Å². The van der Waals surface area contributed by atoms with E-state index in [0.29, 0.717) is 0 Å². The molecule has 0 amide bonds. The van der Waals surface area contributed by atoms with Gasteiger partial charge in [-0.2, -0.15) is 0 Å². The van der Waals surface area contributed by atoms with Crippen molar-refractivity contribution < 1.29 is 42.0 Å². The number of ether oxygens (including phenoxy) is 6. The van der Waals surface area contributed by atoms with Crippen LogP contribution in [0.3, 0.4) is 0 Å². The molecule has 9 nitrogen and oxygen atoms in total. The van der Waals surface area contributed by atoms with Crippen LogP contribution in [0.25, 0.3) is 0 Å². The summed E-state index contributed by atoms with van der Waals surface area (Å²) in [5.41, 5.74) is 0. The molecule has 2 fully saturated rings. The highest BCUT2D eigenvalue weighted by atomic mass is 32.7. The number of rotatable bonds is 10. The third-order valence-electron chi connectivity index (χ3n) is 4.89. The van der Waals surface area contributed by atoms with Gasteiger partial charge in [-0.15, -0.1) is 0 Å². The summed E-state index contributed by atoms with van der Waals surface area (Å²) in [4.78, 5) is 0. The zero-order valence-corrected chi connectivity index (χ0v) is 18.4. The summed E-state index contributed by atoms with van der Waals surface area (Å²) >= 11 is 4.11. The molecule has 0 radical (unpaired) electrons. The predicted molar refractivity (Wildman–Crippen MR) is 106 cm³/mol. The smallest absolute Gasteiger partial charge is 0.382 e. The Labute approximate surface area is 167 Å². The zero-order chi connectivity index (χ0) is 20.2. The zero-order valence-electron chi connectivity index (χ0n) is 16.6. The van der Waals surface area contributed by atoms with E-state index in [-0.39, 0.29) is 37.4 Å². The number of hydrogen-bond donors (Lipinski definition) is 1. The van der Waals surface area contributed by atoms with Gasteiger partial charge in [0.25, 0.3) is 0 Å². The second kappa shape index (κ2) is 10.4. The maximum atomic E-state index is 12.8. The highest BCUT2D eigenvalue weighted by Crippen LogP contribution is 2.56. The van der Waals surface area contributed by atoms with E-state index in [0.717, 1.165) is 0 Å². The first-order valence-electron chi connectivity index (χ1n) is 8.81. The second-order valence-corrected chi connectivity index (χ2v) is 9.53. The molecule has 156 valence electrons. The average Bonchev–Trinajstić information content (AvgIpc) is 3.08. The number of thiol groups is 1. The van der Waals surface area contributed by atoms with Crippen LogP contribution in [0.1, 0.15) is 0 Å². The van der Waals surface area contributed by atoms with Gasteiger partial charge in [0.1, 0.15) is 52.3 Å². The monoisotopic (exact) mass is 426 g/mol. The molecule has 0 aromatic heterocycles. The lowest BCUT2D eigenvalue weighted by Crippen LogP contribution is -2.38. The van der Waals surface area contributed by atoms with E-state index in [4.69, 9.17) is 37.5 Å². The third kappa shape index (κ3) is 5.72. The molecule has 13 heteroatoms. The van der Waals surface area contributed by atoms with Gasteiger partial charge < -0.3 is 28.4 Å². The predicted octanol–water partition coefficient (Wildman–Crippen LogP) is -1.17. The quantitative estimate of drug-likeness (QED) is 0.264. The molecule has 2 saturated heterocycles. The Morgan fingerprint density at radius 2 is 1.33 bits per heavy atom. The Morgan fingerprint density at radius 1 is 0.852 bits per heavy atom. The van der Waals surface area contributed by atoms with Crippen LogP contribution in [0.5, 0.6) is 0 Å². The van der Waals surface area contributed by atoms with E-state index in [1.54, 1.807) is 28.4 Å². The Morgan fingerprint density at radius 3 is 1.81 bits per heavy atom. The van der Waals surface area contributed by atoms with Crippen molar-refractivity contribution in [3.8, 4) is 0 Å². The van der Waals surface area contributed by atoms with Crippen molar-refractivity contribution in [3.63, 3.8) is 0 Å². The molecule has 0 N–H and O–H groups in total. The molecule has 2 rings (SSSR count). The van der Waals surface area contributed by atoms with E-state index >= 15 is 0 Å². The number of methoxy groups -OCH3 is 4. The molecule has 2 heterocycles. The standard InChI is InChI=1S/C14H29B2O9PS/c1-18-5-7-10(12(21-4)14(16)23-7)25-26(17,27)22-6-8-9(19-2)11(20-3)13(15)24-8/h7-14H,5-6,15-16H2,1-4H3,(H,17,27)/t7-,8-,9?,10?,11?,12?,13-,14-,26?/m1/s1. The minimum absolute atomic E-state index is 0.0147. The van der Waals surface area contributed by atoms with Gasteiger partial charge in [0, 0.05) is 28.4 Å². The first-order chi connectivity index (χ1) is 12.8. The van der Waals surface area contributed by atoms with Crippen LogP contribution in [-0.2, 0) is 42.0 Å². The maximum Gasteiger partial charge on any atom is 0.386 e. The molecule has 0 spiro atoms. The fourth-order valence-corrected chi connectivity index (χ4v) is 5.15. The normalized spacial score (nSPS) is 41.7. The van der Waals surface area contributed by atoms with Crippen molar-refractivity contribution >= 4 is 34.7 Å². The highest BCUT2D eigenvalue weighted by Gasteiger charge is 2.48. The summed E-state index contributed by atoms with van der Waals surface area (Å²) in [5.74, 6) is 0. The first-order valence-corrected chi connectivity index (χ1v) is 11.5. The lowest BCUT2D eigenvalue weighted by Gasteiger charge is -2.26. The van der Waals surface area contributed by atoms with Gasteiger partial charge in [-0.25, -0.2) is 4.57 Å². The van der Waals surface area contributed by atoms with Gasteiger partial charge in [0.15, 0.2) is 0 Å². The third-order valence-corrected chi connectivity index (χ3v) is 6.50. The van der Waals surface area contributed by atoms with Crippen molar-refractivity contribution in [3.05, 3.63) is 0 Å². The summed E-state index contributed by atoms with van der Waals surface area (Å²) in [6, 6.07) is -0.422. The van der Waals surface area contributed by atoms with Crippen LogP contribution in [0.2, 0.25) is 0 Å². The van der Waals surface area contributed by atoms with E-state index in [1.165, 1.54) is 0 Å². The molecule has 0 aliphatic carbocycles. The van der Waals surface area contributed by atoms with Gasteiger partial charge in [-0.3, -0.25) is 9.05 Å². The van der Waals surface area contributed by atoms with Crippen molar-refractivity contribution in [2.45, 2.75) is 48.6 Å². The summed E-state index contributed by atoms with van der Waals surface area (Å²) < 4.78 is 57.0. The van der Waals surface area contributed by atoms with Gasteiger partial charge in [0.2, 0.25) is 0 Å². The van der Waals surface area contributed by atoms with E-state index in [1.807, 2.05) is 15.7 Å². The van der Waals surface area contributed by atoms with Crippen molar-refractivity contribution in [1.82, 2.24) is 0 Å². The summed E-state index contributed by atoms with van der Waals surface area (Å²) in [7, 11) is 9.99. The van der Waals surface area contributed by atoms with E-state index < -0.39 is 31.2 Å². The van der Waals surface area contributed by atoms with Crippen LogP contribution in [-0.4, -0.2) is 106 Å². The van der Waals surface area contributed by atoms with Crippen molar-refractivity contribution in [1.29, 1.82) is 0 Å². The minimum atomic E-state index is -3.71. The minimum Gasteiger partial charge on any atom is -0.382 e. The Bertz CT molecular complexity index is 519. The van der Waals surface area contributed by atoms with Crippen LogP contribution < -0.4 is 0 Å². The SMILES string of the molecule is B[C@@H]1O[C@H](COP(=O)(S)OC2C(OC)[C@H](B)O[C@@H]2COC)C(OC)C1OC. The molecular weight excluding hydrogens is 397 g/mol. The molecule has 0 aromatic carbocycles. The largest absolute Gasteiger partial charge is 0.386 e. The van der Waals surface area contributed by atoms with Crippen LogP contribution >= 0.6 is 19.0 Å². The fourth-order valence-electron chi connectivity index (χ4n) is 3.67. The van der Waals surface area contributed by atoms with Crippen LogP contribution in [0.15, 0.2) is 0 Å². The molecule has 5 unspecified atom stereocenters. The Hall–Kier alpha value is 0.390. The van der Waals surface area contributed by atoms with Gasteiger partial charge in [0.05, 0.1) is 25.2 Å². The lowest BCUT2D eigenvalue weighted by atomic mass is 9.93. The topological polar surface area (TPSA) is 90.9 Å². The van der Waals surface area contributed by atoms with E-state index in [9.17, 15) is 4.57 Å². The van der Waals surface area contributed by atoms with E-state index in [2.05, 4.69) is 12.2 Å². The first kappa shape index (κ1) is 23.7. The molecule has 2 aliphatic heterocycles. The fraction of sp³-hybridized carbons (Fsp3) is 1.00. The number of hydrogen-bond acceptors (Lipinski definition) is 9. The molecule has 2 aliphatic rings. The van der Waals surface area contributed by atoms with Crippen molar-refractivity contribution in [2.24, 2.45) is 0 Å². The Kier molecular flexibility index (Phi) is 9.14. The highest BCUT2D eigenvalue weighted by molar-refractivity contribution is 8.44. The summed E-state index contributed by atoms with van der Waals surface area (Å²) in [6.07, 6.45) is -2.53. The van der Waals surface area contributed by atoms with Crippen molar-refractivity contribution in [2.75, 3.05) is 41.7 Å². The lowest BCUT2D eigenvalue weighted by molar-refractivity contribution is -0.0425. The summed E-state index contributed by atoms with van der Waals surface area (Å²) in [6.45, 7) is -3.46. The average molecular weight is 426 g/mol. The van der Waals surface area contributed by atoms with Gasteiger partial charge >= 0.3 is 6.80 Å². The molecule has 0 saturated carbocycles. The van der Waals surface area contributed by atoms with Crippen LogP contribution in [0, 0.1) is 0 Å². The second-order valence-electron chi connectivity index (χ2n) is 6.65. The van der Waals surface area contributed by atoms with Gasteiger partial charge in [-0.05, 0) is 0 Å². The Balaban J connectivity index is 1.98. The molecule has 9 atom stereocenters. The molecule has 0 aromatic rings.